The fourth-order valence-electron chi connectivity index (χ4n) is 2.67. The number of carbonyl (C=O) groups excluding carboxylic acids is 3. The molecule has 2 aromatic rings. The van der Waals surface area contributed by atoms with E-state index in [0.29, 0.717) is 12.1 Å². The summed E-state index contributed by atoms with van der Waals surface area (Å²) in [5.41, 5.74) is -2.16. The molecule has 1 aliphatic carbocycles. The van der Waals surface area contributed by atoms with Crippen LogP contribution in [0.3, 0.4) is 0 Å². The van der Waals surface area contributed by atoms with Crippen LogP contribution in [0.4, 0.5) is 34.6 Å². The van der Waals surface area contributed by atoms with Gasteiger partial charge in [0.05, 0.1) is 22.9 Å². The maximum Gasteiger partial charge on any atom is 0.258 e. The second-order valence-corrected chi connectivity index (χ2v) is 8.32. The van der Waals surface area contributed by atoms with Crippen LogP contribution >= 0.6 is 23.2 Å². The summed E-state index contributed by atoms with van der Waals surface area (Å²) in [5.74, 6) is -8.72. The van der Waals surface area contributed by atoms with Gasteiger partial charge < -0.3 is 16.0 Å². The lowest BCUT2D eigenvalue weighted by molar-refractivity contribution is -0.117. The quantitative estimate of drug-likeness (QED) is 0.434. The molecule has 2 aromatic carbocycles. The third-order valence-electron chi connectivity index (χ3n) is 4.30. The zero-order chi connectivity index (χ0) is 23.1. The van der Waals surface area contributed by atoms with Crippen molar-refractivity contribution in [3.63, 3.8) is 0 Å². The van der Waals surface area contributed by atoms with Gasteiger partial charge in [0.1, 0.15) is 16.0 Å². The zero-order valence-electron chi connectivity index (χ0n) is 15.6. The summed E-state index contributed by atoms with van der Waals surface area (Å²) in [6.07, 6.45) is 0.166. The molecule has 1 saturated carbocycles. The molecule has 1 atom stereocenters. The van der Waals surface area contributed by atoms with Crippen molar-refractivity contribution in [3.8, 4) is 0 Å². The van der Waals surface area contributed by atoms with Crippen LogP contribution in [-0.4, -0.2) is 22.1 Å². The van der Waals surface area contributed by atoms with E-state index in [4.69, 9.17) is 23.2 Å². The minimum absolute atomic E-state index is 0.166. The summed E-state index contributed by atoms with van der Waals surface area (Å²) in [4.78, 5) is 35.6. The molecule has 1 aliphatic rings. The molecule has 0 bridgehead atoms. The third-order valence-corrected chi connectivity index (χ3v) is 5.13. The van der Waals surface area contributed by atoms with Crippen LogP contribution in [0.5, 0.6) is 0 Å². The van der Waals surface area contributed by atoms with Gasteiger partial charge in [0.2, 0.25) is 11.8 Å². The van der Waals surface area contributed by atoms with Gasteiger partial charge in [-0.25, -0.2) is 17.6 Å². The molecule has 0 heterocycles. The van der Waals surface area contributed by atoms with Crippen LogP contribution in [0.1, 0.15) is 23.7 Å². The second-order valence-electron chi connectivity index (χ2n) is 6.77. The summed E-state index contributed by atoms with van der Waals surface area (Å²) in [5, 5.41) is 6.33. The summed E-state index contributed by atoms with van der Waals surface area (Å²) in [6.45, 7) is 1.08. The van der Waals surface area contributed by atoms with Crippen LogP contribution < -0.4 is 16.0 Å². The lowest BCUT2D eigenvalue weighted by Gasteiger charge is -2.12. The normalized spacial score (nSPS) is 16.4. The molecule has 0 saturated heterocycles. The van der Waals surface area contributed by atoms with Crippen LogP contribution in [0.15, 0.2) is 24.3 Å². The number of anilines is 3. The molecule has 0 aliphatic heterocycles. The van der Waals surface area contributed by atoms with Gasteiger partial charge in [0.15, 0.2) is 11.6 Å². The van der Waals surface area contributed by atoms with E-state index in [1.807, 2.05) is 5.32 Å². The Morgan fingerprint density at radius 1 is 0.903 bits per heavy atom. The van der Waals surface area contributed by atoms with Crippen molar-refractivity contribution in [2.24, 2.45) is 5.92 Å². The van der Waals surface area contributed by atoms with E-state index in [1.54, 1.807) is 0 Å². The first-order valence-corrected chi connectivity index (χ1v) is 9.40. The predicted molar refractivity (Wildman–Crippen MR) is 106 cm³/mol. The topological polar surface area (TPSA) is 87.3 Å². The number of alkyl halides is 2. The number of rotatable bonds is 5. The Bertz CT molecular complexity index is 1110. The van der Waals surface area contributed by atoms with Crippen molar-refractivity contribution in [2.75, 3.05) is 16.0 Å². The molecule has 1 fully saturated rings. The largest absolute Gasteiger partial charge is 0.326 e. The van der Waals surface area contributed by atoms with Crippen molar-refractivity contribution in [1.29, 1.82) is 0 Å². The van der Waals surface area contributed by atoms with E-state index in [9.17, 15) is 31.9 Å². The predicted octanol–water partition coefficient (Wildman–Crippen LogP) is 4.59. The summed E-state index contributed by atoms with van der Waals surface area (Å²) in [6, 6.07) is 2.64. The van der Waals surface area contributed by atoms with Gasteiger partial charge in [-0.1, -0.05) is 0 Å². The second kappa shape index (κ2) is 8.35. The van der Waals surface area contributed by atoms with Gasteiger partial charge in [-0.05, 0) is 18.6 Å². The van der Waals surface area contributed by atoms with Gasteiger partial charge >= 0.3 is 0 Å². The Morgan fingerprint density at radius 2 is 1.48 bits per heavy atom. The highest BCUT2D eigenvalue weighted by Gasteiger charge is 2.56. The first-order valence-electron chi connectivity index (χ1n) is 8.64. The average Bonchev–Trinajstić information content (AvgIpc) is 3.30. The van der Waals surface area contributed by atoms with Gasteiger partial charge in [0.25, 0.3) is 5.91 Å². The molecule has 1 unspecified atom stereocenters. The number of carbonyl (C=O) groups is 3. The Labute approximate surface area is 182 Å². The van der Waals surface area contributed by atoms with Gasteiger partial charge in [-0.3, -0.25) is 14.4 Å². The van der Waals surface area contributed by atoms with E-state index in [0.717, 1.165) is 19.1 Å². The van der Waals surface area contributed by atoms with Gasteiger partial charge in [0, 0.05) is 24.7 Å². The van der Waals surface area contributed by atoms with Crippen molar-refractivity contribution >= 4 is 58.0 Å². The molecule has 31 heavy (non-hydrogen) atoms. The van der Waals surface area contributed by atoms with Crippen LogP contribution in [-0.2, 0) is 9.59 Å². The maximum absolute atomic E-state index is 14.2. The highest BCUT2D eigenvalue weighted by Crippen LogP contribution is 2.53. The van der Waals surface area contributed by atoms with E-state index in [1.165, 1.54) is 0 Å². The smallest absolute Gasteiger partial charge is 0.258 e. The Morgan fingerprint density at radius 3 is 2.03 bits per heavy atom. The first-order chi connectivity index (χ1) is 14.4. The summed E-state index contributed by atoms with van der Waals surface area (Å²) >= 11 is 11.6. The fraction of sp³-hybridized carbons (Fsp3) is 0.211. The van der Waals surface area contributed by atoms with Crippen molar-refractivity contribution < 1.29 is 31.9 Å². The monoisotopic (exact) mass is 477 g/mol. The number of benzene rings is 2. The standard InChI is InChI=1S/C19H13Cl2F4N3O3/c1-7(29)26-14-5-15(12(23)4-11(14)22)28-17(30)9-2-8(3-13(24)16(9)25)27-18(31)10-6-19(10,20)21/h2-5,10H,6H2,1H3,(H,26,29)(H,27,31)(H,28,30). The van der Waals surface area contributed by atoms with E-state index in [-0.39, 0.29) is 12.1 Å². The molecule has 3 N–H and O–H groups in total. The molecule has 0 aromatic heterocycles. The molecular weight excluding hydrogens is 465 g/mol. The minimum atomic E-state index is -1.56. The van der Waals surface area contributed by atoms with Crippen LogP contribution in [0.25, 0.3) is 0 Å². The molecule has 0 spiro atoms. The summed E-state index contributed by atoms with van der Waals surface area (Å²) < 4.78 is 54.7. The number of hydrogen-bond donors (Lipinski definition) is 3. The Hall–Kier alpha value is -2.85. The van der Waals surface area contributed by atoms with Crippen LogP contribution in [0, 0.1) is 29.2 Å². The van der Waals surface area contributed by atoms with Crippen molar-refractivity contribution in [2.45, 2.75) is 17.7 Å². The van der Waals surface area contributed by atoms with E-state index in [2.05, 4.69) is 10.6 Å². The molecule has 12 heteroatoms. The minimum Gasteiger partial charge on any atom is -0.326 e. The average molecular weight is 478 g/mol. The SMILES string of the molecule is CC(=O)Nc1cc(NC(=O)c2cc(NC(=O)C3CC3(Cl)Cl)cc(F)c2F)c(F)cc1F. The van der Waals surface area contributed by atoms with E-state index < -0.39 is 68.2 Å². The Balaban J connectivity index is 1.85. The van der Waals surface area contributed by atoms with Gasteiger partial charge in [-0.15, -0.1) is 23.2 Å². The Kier molecular flexibility index (Phi) is 6.15. The fourth-order valence-corrected chi connectivity index (χ4v) is 3.18. The zero-order valence-corrected chi connectivity index (χ0v) is 17.1. The highest BCUT2D eigenvalue weighted by molar-refractivity contribution is 6.52. The van der Waals surface area contributed by atoms with Gasteiger partial charge in [-0.2, -0.15) is 0 Å². The number of halogens is 6. The first kappa shape index (κ1) is 22.8. The summed E-state index contributed by atoms with van der Waals surface area (Å²) in [7, 11) is 0. The lowest BCUT2D eigenvalue weighted by atomic mass is 10.1. The van der Waals surface area contributed by atoms with Crippen molar-refractivity contribution in [3.05, 3.63) is 53.1 Å². The molecule has 164 valence electrons. The maximum atomic E-state index is 14.2. The molecule has 3 rings (SSSR count). The third kappa shape index (κ3) is 5.08. The highest BCUT2D eigenvalue weighted by atomic mass is 35.5. The lowest BCUT2D eigenvalue weighted by Crippen LogP contribution is -2.20. The van der Waals surface area contributed by atoms with Crippen molar-refractivity contribution in [1.82, 2.24) is 0 Å². The number of amides is 3. The molecule has 6 nitrogen and oxygen atoms in total. The molecule has 3 amide bonds. The number of nitrogens with one attached hydrogen (secondary N) is 3. The van der Waals surface area contributed by atoms with Crippen LogP contribution in [0.2, 0.25) is 0 Å². The van der Waals surface area contributed by atoms with E-state index >= 15 is 0 Å². The molecular formula is C19H13Cl2F4N3O3. The number of hydrogen-bond acceptors (Lipinski definition) is 3. The molecule has 0 radical (unpaired) electrons.